The van der Waals surface area contributed by atoms with Crippen LogP contribution in [0.3, 0.4) is 0 Å². The minimum Gasteiger partial charge on any atom is -0.389 e. The number of benzene rings is 1. The van der Waals surface area contributed by atoms with Gasteiger partial charge < -0.3 is 14.6 Å². The molecule has 0 bridgehead atoms. The zero-order valence-corrected chi connectivity index (χ0v) is 17.6. The summed E-state index contributed by atoms with van der Waals surface area (Å²) in [7, 11) is 0. The number of aryl methyl sites for hydroxylation is 1. The van der Waals surface area contributed by atoms with Gasteiger partial charge in [0.1, 0.15) is 0 Å². The molecule has 0 spiro atoms. The van der Waals surface area contributed by atoms with E-state index in [0.717, 1.165) is 51.5 Å². The molecule has 1 aromatic heterocycles. The average molecular weight is 405 g/mol. The Morgan fingerprint density at radius 2 is 1.96 bits per heavy atom. The number of morpholine rings is 1. The van der Waals surface area contributed by atoms with Crippen LogP contribution in [-0.4, -0.2) is 73.6 Å². The molecule has 0 saturated carbocycles. The highest BCUT2D eigenvalue weighted by Crippen LogP contribution is 2.17. The molecule has 1 atom stereocenters. The number of nitrogens with zero attached hydrogens (tertiary/aromatic N) is 2. The molecule has 1 unspecified atom stereocenters. The van der Waals surface area contributed by atoms with Gasteiger partial charge in [-0.3, -0.25) is 9.80 Å². The molecule has 3 rings (SSSR count). The molecule has 1 fully saturated rings. The number of aliphatic hydroxyl groups is 1. The first-order valence-corrected chi connectivity index (χ1v) is 10.9. The van der Waals surface area contributed by atoms with Gasteiger partial charge in [-0.25, -0.2) is 0 Å². The van der Waals surface area contributed by atoms with E-state index >= 15 is 0 Å². The van der Waals surface area contributed by atoms with Gasteiger partial charge in [-0.2, -0.15) is 0 Å². The maximum atomic E-state index is 10.5. The Kier molecular flexibility index (Phi) is 8.92. The molecule has 1 aliphatic rings. The standard InChI is InChI=1S/C22H32N2O3S/c1-19-7-8-22(28-19)16-24(10-9-23-11-13-26-14-12-23)15-21(25)18-27-17-20-5-3-2-4-6-20/h2-8,21,25H,9-18H2,1H3. The Morgan fingerprint density at radius 1 is 1.18 bits per heavy atom. The van der Waals surface area contributed by atoms with Crippen LogP contribution in [0.25, 0.3) is 0 Å². The fourth-order valence-corrected chi connectivity index (χ4v) is 4.30. The highest BCUT2D eigenvalue weighted by atomic mass is 32.1. The van der Waals surface area contributed by atoms with Gasteiger partial charge in [-0.1, -0.05) is 30.3 Å². The van der Waals surface area contributed by atoms with Crippen molar-refractivity contribution in [1.82, 2.24) is 9.80 Å². The molecule has 6 heteroatoms. The lowest BCUT2D eigenvalue weighted by molar-refractivity contribution is 0.00227. The summed E-state index contributed by atoms with van der Waals surface area (Å²) in [6, 6.07) is 14.5. The zero-order valence-electron chi connectivity index (χ0n) is 16.8. The predicted molar refractivity (Wildman–Crippen MR) is 114 cm³/mol. The molecule has 0 amide bonds. The van der Waals surface area contributed by atoms with Crippen molar-refractivity contribution in [3.63, 3.8) is 0 Å². The van der Waals surface area contributed by atoms with Crippen molar-refractivity contribution in [3.8, 4) is 0 Å². The minimum atomic E-state index is -0.491. The second kappa shape index (κ2) is 11.7. The van der Waals surface area contributed by atoms with Crippen molar-refractivity contribution in [2.75, 3.05) is 52.5 Å². The van der Waals surface area contributed by atoms with E-state index in [2.05, 4.69) is 28.9 Å². The summed E-state index contributed by atoms with van der Waals surface area (Å²) in [6.07, 6.45) is -0.491. The largest absolute Gasteiger partial charge is 0.389 e. The second-order valence-electron chi connectivity index (χ2n) is 7.36. The fourth-order valence-electron chi connectivity index (χ4n) is 3.37. The summed E-state index contributed by atoms with van der Waals surface area (Å²) in [4.78, 5) is 7.46. The van der Waals surface area contributed by atoms with E-state index in [1.165, 1.54) is 9.75 Å². The minimum absolute atomic E-state index is 0.354. The highest BCUT2D eigenvalue weighted by molar-refractivity contribution is 7.11. The molecule has 0 radical (unpaired) electrons. The Bertz CT molecular complexity index is 673. The van der Waals surface area contributed by atoms with Crippen LogP contribution < -0.4 is 0 Å². The molecule has 1 aromatic carbocycles. The van der Waals surface area contributed by atoms with Crippen LogP contribution in [-0.2, 0) is 22.6 Å². The lowest BCUT2D eigenvalue weighted by atomic mass is 10.2. The van der Waals surface area contributed by atoms with E-state index in [4.69, 9.17) is 9.47 Å². The first-order chi connectivity index (χ1) is 13.7. The maximum Gasteiger partial charge on any atom is 0.0900 e. The molecule has 154 valence electrons. The molecule has 1 saturated heterocycles. The molecule has 28 heavy (non-hydrogen) atoms. The zero-order chi connectivity index (χ0) is 19.6. The van der Waals surface area contributed by atoms with Crippen LogP contribution in [0.4, 0.5) is 0 Å². The molecular formula is C22H32N2O3S. The van der Waals surface area contributed by atoms with Gasteiger partial charge in [0.25, 0.3) is 0 Å². The number of rotatable bonds is 11. The number of hydrogen-bond acceptors (Lipinski definition) is 6. The van der Waals surface area contributed by atoms with Gasteiger partial charge in [0.05, 0.1) is 32.5 Å². The van der Waals surface area contributed by atoms with Crippen molar-refractivity contribution in [3.05, 3.63) is 57.8 Å². The molecule has 0 aliphatic carbocycles. The first-order valence-electron chi connectivity index (χ1n) is 10.1. The number of ether oxygens (including phenoxy) is 2. The molecule has 1 aliphatic heterocycles. The Hall–Kier alpha value is -1.28. The van der Waals surface area contributed by atoms with Crippen LogP contribution in [0.2, 0.25) is 0 Å². The van der Waals surface area contributed by atoms with Crippen molar-refractivity contribution in [2.24, 2.45) is 0 Å². The van der Waals surface area contributed by atoms with Gasteiger partial charge >= 0.3 is 0 Å². The van der Waals surface area contributed by atoms with E-state index in [1.807, 2.05) is 41.7 Å². The summed E-state index contributed by atoms with van der Waals surface area (Å²) in [5.74, 6) is 0. The number of hydrogen-bond donors (Lipinski definition) is 1. The third kappa shape index (κ3) is 7.62. The topological polar surface area (TPSA) is 45.2 Å². The summed E-state index contributed by atoms with van der Waals surface area (Å²) < 4.78 is 11.2. The van der Waals surface area contributed by atoms with E-state index in [1.54, 1.807) is 0 Å². The monoisotopic (exact) mass is 404 g/mol. The summed E-state index contributed by atoms with van der Waals surface area (Å²) in [6.45, 7) is 10.1. The Balaban J connectivity index is 1.46. The lowest BCUT2D eigenvalue weighted by Gasteiger charge is -2.30. The third-order valence-corrected chi connectivity index (χ3v) is 5.89. The fraction of sp³-hybridized carbons (Fsp3) is 0.545. The van der Waals surface area contributed by atoms with E-state index in [0.29, 0.717) is 19.8 Å². The molecule has 2 aromatic rings. The van der Waals surface area contributed by atoms with Gasteiger partial charge in [0.2, 0.25) is 0 Å². The highest BCUT2D eigenvalue weighted by Gasteiger charge is 2.16. The van der Waals surface area contributed by atoms with Crippen LogP contribution >= 0.6 is 11.3 Å². The van der Waals surface area contributed by atoms with Crippen molar-refractivity contribution < 1.29 is 14.6 Å². The average Bonchev–Trinajstić information content (AvgIpc) is 3.12. The van der Waals surface area contributed by atoms with Crippen LogP contribution in [0.5, 0.6) is 0 Å². The van der Waals surface area contributed by atoms with Gasteiger partial charge in [-0.15, -0.1) is 11.3 Å². The van der Waals surface area contributed by atoms with Crippen LogP contribution in [0, 0.1) is 6.92 Å². The SMILES string of the molecule is Cc1ccc(CN(CCN2CCOCC2)CC(O)COCc2ccccc2)s1. The van der Waals surface area contributed by atoms with Crippen molar-refractivity contribution >= 4 is 11.3 Å². The number of thiophene rings is 1. The maximum absolute atomic E-state index is 10.5. The normalized spacial score (nSPS) is 16.5. The lowest BCUT2D eigenvalue weighted by Crippen LogP contribution is -2.43. The first kappa shape index (κ1) is 21.4. The summed E-state index contributed by atoms with van der Waals surface area (Å²) in [5, 5.41) is 10.5. The molecule has 2 heterocycles. The second-order valence-corrected chi connectivity index (χ2v) is 8.73. The van der Waals surface area contributed by atoms with Gasteiger partial charge in [0.15, 0.2) is 0 Å². The van der Waals surface area contributed by atoms with Crippen LogP contribution in [0.1, 0.15) is 15.3 Å². The van der Waals surface area contributed by atoms with Gasteiger partial charge in [-0.05, 0) is 24.6 Å². The van der Waals surface area contributed by atoms with Gasteiger partial charge in [0, 0.05) is 49.0 Å². The Labute approximate surface area is 172 Å². The van der Waals surface area contributed by atoms with Crippen LogP contribution in [0.15, 0.2) is 42.5 Å². The van der Waals surface area contributed by atoms with Crippen molar-refractivity contribution in [2.45, 2.75) is 26.2 Å². The third-order valence-electron chi connectivity index (χ3n) is 4.90. The van der Waals surface area contributed by atoms with E-state index in [9.17, 15) is 5.11 Å². The molecular weight excluding hydrogens is 372 g/mol. The van der Waals surface area contributed by atoms with Crippen molar-refractivity contribution in [1.29, 1.82) is 0 Å². The molecule has 1 N–H and O–H groups in total. The summed E-state index contributed by atoms with van der Waals surface area (Å²) in [5.41, 5.74) is 1.13. The molecule has 5 nitrogen and oxygen atoms in total. The quantitative estimate of drug-likeness (QED) is 0.624. The number of aliphatic hydroxyl groups excluding tert-OH is 1. The Morgan fingerprint density at radius 3 is 2.68 bits per heavy atom. The van der Waals surface area contributed by atoms with E-state index < -0.39 is 6.10 Å². The predicted octanol–water partition coefficient (Wildman–Crippen LogP) is 2.77. The summed E-state index contributed by atoms with van der Waals surface area (Å²) >= 11 is 1.83. The van der Waals surface area contributed by atoms with E-state index in [-0.39, 0.29) is 0 Å². The smallest absolute Gasteiger partial charge is 0.0900 e.